The van der Waals surface area contributed by atoms with E-state index in [1.54, 1.807) is 12.3 Å². The Morgan fingerprint density at radius 3 is 2.57 bits per heavy atom. The quantitative estimate of drug-likeness (QED) is 0.718. The number of aryl methyl sites for hydroxylation is 1. The molecule has 1 fully saturated rings. The molecule has 3 aromatic rings. The van der Waals surface area contributed by atoms with Gasteiger partial charge in [-0.2, -0.15) is 9.78 Å². The van der Waals surface area contributed by atoms with Crippen molar-refractivity contribution in [3.63, 3.8) is 0 Å². The Hall–Kier alpha value is -3.00. The lowest BCUT2D eigenvalue weighted by atomic mass is 9.91. The second-order valence-corrected chi connectivity index (χ2v) is 7.87. The molecule has 1 aliphatic carbocycles. The van der Waals surface area contributed by atoms with Gasteiger partial charge in [0.25, 0.3) is 0 Å². The molecule has 0 bridgehead atoms. The first-order valence-corrected chi connectivity index (χ1v) is 10.3. The number of piperazine rings is 1. The van der Waals surface area contributed by atoms with E-state index >= 15 is 0 Å². The van der Waals surface area contributed by atoms with E-state index < -0.39 is 11.6 Å². The molecule has 1 unspecified atom stereocenters. The standard InChI is InChI=1S/C22H23F2N5O/c23-18-6-4-16(14-19(18)24)28-11-9-27(10-12-28)15-5-7-20-17(13-15)22(30)29(26-20)21-3-1-2-8-25-21/h1-4,6,8,14-15,30H,5,7,9-13H2. The van der Waals surface area contributed by atoms with Gasteiger partial charge >= 0.3 is 0 Å². The molecule has 2 aromatic heterocycles. The highest BCUT2D eigenvalue weighted by Crippen LogP contribution is 2.33. The molecule has 8 heteroatoms. The van der Waals surface area contributed by atoms with Crippen molar-refractivity contribution in [2.75, 3.05) is 31.1 Å². The second-order valence-electron chi connectivity index (χ2n) is 7.87. The third-order valence-corrected chi connectivity index (χ3v) is 6.16. The number of rotatable bonds is 3. The van der Waals surface area contributed by atoms with E-state index in [1.807, 2.05) is 18.2 Å². The molecule has 3 heterocycles. The van der Waals surface area contributed by atoms with Gasteiger partial charge < -0.3 is 10.0 Å². The Kier molecular flexibility index (Phi) is 4.86. The zero-order chi connectivity index (χ0) is 20.7. The fraction of sp³-hybridized carbons (Fsp3) is 0.364. The fourth-order valence-electron chi connectivity index (χ4n) is 4.51. The van der Waals surface area contributed by atoms with Crippen molar-refractivity contribution in [3.8, 4) is 11.7 Å². The first kappa shape index (κ1) is 19.0. The highest BCUT2D eigenvalue weighted by atomic mass is 19.2. The van der Waals surface area contributed by atoms with E-state index in [9.17, 15) is 13.9 Å². The van der Waals surface area contributed by atoms with Crippen LogP contribution in [-0.2, 0) is 12.8 Å². The van der Waals surface area contributed by atoms with Gasteiger partial charge in [-0.05, 0) is 43.5 Å². The molecule has 0 radical (unpaired) electrons. The molecule has 156 valence electrons. The van der Waals surface area contributed by atoms with Crippen LogP contribution in [0.5, 0.6) is 5.88 Å². The normalized spacial score (nSPS) is 19.7. The lowest BCUT2D eigenvalue weighted by Crippen LogP contribution is -2.51. The summed E-state index contributed by atoms with van der Waals surface area (Å²) in [5.74, 6) is -0.841. The Morgan fingerprint density at radius 1 is 1.00 bits per heavy atom. The number of anilines is 1. The van der Waals surface area contributed by atoms with Crippen LogP contribution in [0.1, 0.15) is 17.7 Å². The molecule has 1 atom stereocenters. The van der Waals surface area contributed by atoms with Gasteiger partial charge in [-0.25, -0.2) is 13.8 Å². The molecule has 0 spiro atoms. The van der Waals surface area contributed by atoms with Crippen LogP contribution in [0.15, 0.2) is 42.6 Å². The summed E-state index contributed by atoms with van der Waals surface area (Å²) >= 11 is 0. The number of pyridine rings is 1. The summed E-state index contributed by atoms with van der Waals surface area (Å²) in [4.78, 5) is 8.80. The van der Waals surface area contributed by atoms with E-state index in [0.29, 0.717) is 17.5 Å². The number of fused-ring (bicyclic) bond motifs is 1. The van der Waals surface area contributed by atoms with Crippen LogP contribution in [0, 0.1) is 11.6 Å². The van der Waals surface area contributed by atoms with Gasteiger partial charge in [-0.3, -0.25) is 4.90 Å². The molecule has 0 amide bonds. The van der Waals surface area contributed by atoms with E-state index in [4.69, 9.17) is 0 Å². The van der Waals surface area contributed by atoms with Crippen LogP contribution in [0.25, 0.3) is 5.82 Å². The second kappa shape index (κ2) is 7.68. The molecule has 1 aliphatic heterocycles. The molecule has 1 aromatic carbocycles. The highest BCUT2D eigenvalue weighted by Gasteiger charge is 2.31. The minimum atomic E-state index is -0.818. The number of aromatic hydroxyl groups is 1. The first-order chi connectivity index (χ1) is 14.6. The van der Waals surface area contributed by atoms with Crippen LogP contribution in [0.2, 0.25) is 0 Å². The maximum atomic E-state index is 13.6. The monoisotopic (exact) mass is 411 g/mol. The maximum Gasteiger partial charge on any atom is 0.219 e. The molecular formula is C22H23F2N5O. The lowest BCUT2D eigenvalue weighted by Gasteiger charge is -2.41. The number of hydrogen-bond acceptors (Lipinski definition) is 5. The van der Waals surface area contributed by atoms with Gasteiger partial charge in [0.15, 0.2) is 17.5 Å². The van der Waals surface area contributed by atoms with Crippen LogP contribution < -0.4 is 4.90 Å². The van der Waals surface area contributed by atoms with E-state index in [1.165, 1.54) is 16.8 Å². The molecule has 0 saturated carbocycles. The third-order valence-electron chi connectivity index (χ3n) is 6.16. The minimum absolute atomic E-state index is 0.175. The zero-order valence-corrected chi connectivity index (χ0v) is 16.5. The molecular weight excluding hydrogens is 388 g/mol. The van der Waals surface area contributed by atoms with Crippen molar-refractivity contribution in [1.29, 1.82) is 0 Å². The van der Waals surface area contributed by atoms with E-state index in [0.717, 1.165) is 56.7 Å². The fourth-order valence-corrected chi connectivity index (χ4v) is 4.51. The van der Waals surface area contributed by atoms with Crippen molar-refractivity contribution in [2.45, 2.75) is 25.3 Å². The van der Waals surface area contributed by atoms with Gasteiger partial charge in [0.1, 0.15) is 0 Å². The van der Waals surface area contributed by atoms with Crippen molar-refractivity contribution in [1.82, 2.24) is 19.7 Å². The summed E-state index contributed by atoms with van der Waals surface area (Å²) in [6.07, 6.45) is 4.23. The maximum absolute atomic E-state index is 13.6. The number of halogens is 2. The Morgan fingerprint density at radius 2 is 1.83 bits per heavy atom. The summed E-state index contributed by atoms with van der Waals surface area (Å²) in [5.41, 5.74) is 2.56. The predicted molar refractivity (Wildman–Crippen MR) is 109 cm³/mol. The molecule has 2 aliphatic rings. The van der Waals surface area contributed by atoms with Gasteiger partial charge in [-0.15, -0.1) is 0 Å². The topological polar surface area (TPSA) is 57.4 Å². The number of benzene rings is 1. The first-order valence-electron chi connectivity index (χ1n) is 10.3. The summed E-state index contributed by atoms with van der Waals surface area (Å²) < 4.78 is 28.3. The van der Waals surface area contributed by atoms with Crippen molar-refractivity contribution in [2.24, 2.45) is 0 Å². The zero-order valence-electron chi connectivity index (χ0n) is 16.5. The summed E-state index contributed by atoms with van der Waals surface area (Å²) in [6.45, 7) is 3.20. The van der Waals surface area contributed by atoms with Gasteiger partial charge in [0.05, 0.1) is 5.69 Å². The molecule has 30 heavy (non-hydrogen) atoms. The molecule has 1 N–H and O–H groups in total. The van der Waals surface area contributed by atoms with E-state index in [2.05, 4.69) is 19.9 Å². The number of hydrogen-bond donors (Lipinski definition) is 1. The smallest absolute Gasteiger partial charge is 0.219 e. The number of nitrogens with zero attached hydrogens (tertiary/aromatic N) is 5. The average molecular weight is 411 g/mol. The SMILES string of the molecule is Oc1c2c(nn1-c1ccccn1)CCC(N1CCN(c3ccc(F)c(F)c3)CC1)C2. The van der Waals surface area contributed by atoms with Gasteiger partial charge in [0.2, 0.25) is 5.88 Å². The Bertz CT molecular complexity index is 1050. The van der Waals surface area contributed by atoms with Crippen LogP contribution >= 0.6 is 0 Å². The third kappa shape index (κ3) is 3.41. The summed E-state index contributed by atoms with van der Waals surface area (Å²) in [6, 6.07) is 9.94. The molecule has 6 nitrogen and oxygen atoms in total. The largest absolute Gasteiger partial charge is 0.493 e. The lowest BCUT2D eigenvalue weighted by molar-refractivity contribution is 0.169. The molecule has 1 saturated heterocycles. The summed E-state index contributed by atoms with van der Waals surface area (Å²) in [7, 11) is 0. The minimum Gasteiger partial charge on any atom is -0.493 e. The van der Waals surface area contributed by atoms with Crippen LogP contribution in [0.4, 0.5) is 14.5 Å². The Labute approximate surface area is 173 Å². The van der Waals surface area contributed by atoms with E-state index in [-0.39, 0.29) is 5.88 Å². The predicted octanol–water partition coefficient (Wildman–Crippen LogP) is 2.93. The van der Waals surface area contributed by atoms with Crippen molar-refractivity contribution >= 4 is 5.69 Å². The Balaban J connectivity index is 1.27. The van der Waals surface area contributed by atoms with Gasteiger partial charge in [-0.1, -0.05) is 6.07 Å². The highest BCUT2D eigenvalue weighted by molar-refractivity contribution is 5.47. The van der Waals surface area contributed by atoms with Gasteiger partial charge in [0, 0.05) is 55.7 Å². The number of aromatic nitrogens is 3. The molecule has 5 rings (SSSR count). The van der Waals surface area contributed by atoms with Crippen LogP contribution in [-0.4, -0.2) is 57.0 Å². The average Bonchev–Trinajstić information content (AvgIpc) is 3.12. The summed E-state index contributed by atoms with van der Waals surface area (Å²) in [5, 5.41) is 15.3. The van der Waals surface area contributed by atoms with Crippen molar-refractivity contribution in [3.05, 3.63) is 65.5 Å². The van der Waals surface area contributed by atoms with Crippen LogP contribution in [0.3, 0.4) is 0 Å². The van der Waals surface area contributed by atoms with Crippen molar-refractivity contribution < 1.29 is 13.9 Å².